The van der Waals surface area contributed by atoms with Gasteiger partial charge in [0, 0.05) is 11.6 Å². The van der Waals surface area contributed by atoms with Gasteiger partial charge in [-0.1, -0.05) is 23.7 Å². The number of benzene rings is 1. The zero-order chi connectivity index (χ0) is 14.0. The Kier molecular flexibility index (Phi) is 4.18. The van der Waals surface area contributed by atoms with Gasteiger partial charge in [0.25, 0.3) is 0 Å². The normalized spacial score (nSPS) is 10.7. The number of hydrogen-bond donors (Lipinski definition) is 0. The molecule has 1 heterocycles. The fraction of sp³-hybridized carbons (Fsp3) is 0.182. The molecule has 100 valence electrons. The van der Waals surface area contributed by atoms with E-state index in [1.54, 1.807) is 18.2 Å². The molecule has 0 N–H and O–H groups in total. The first-order chi connectivity index (χ1) is 9.06. The molecule has 19 heavy (non-hydrogen) atoms. The van der Waals surface area contributed by atoms with Crippen LogP contribution < -0.4 is 0 Å². The maximum absolute atomic E-state index is 11.0. The third kappa shape index (κ3) is 2.63. The summed E-state index contributed by atoms with van der Waals surface area (Å²) in [4.78, 5) is 10.5. The van der Waals surface area contributed by atoms with E-state index in [0.29, 0.717) is 5.69 Å². The Bertz CT molecular complexity index is 630. The van der Waals surface area contributed by atoms with Crippen molar-refractivity contribution in [2.24, 2.45) is 0 Å². The van der Waals surface area contributed by atoms with Gasteiger partial charge in [-0.2, -0.15) is 5.10 Å². The fourth-order valence-corrected chi connectivity index (χ4v) is 2.39. The molecule has 0 saturated carbocycles. The van der Waals surface area contributed by atoms with Crippen LogP contribution in [0.4, 0.5) is 5.69 Å². The molecular weight excluding hydrogens is 337 g/mol. The average molecular weight is 347 g/mol. The van der Waals surface area contributed by atoms with E-state index in [2.05, 4.69) is 21.0 Å². The van der Waals surface area contributed by atoms with Crippen molar-refractivity contribution < 1.29 is 9.66 Å². The molecule has 0 radical (unpaired) electrons. The number of hydrogen-bond acceptors (Lipinski definition) is 4. The van der Waals surface area contributed by atoms with Gasteiger partial charge in [-0.15, -0.1) is 0 Å². The van der Waals surface area contributed by atoms with Crippen molar-refractivity contribution in [1.82, 2.24) is 9.78 Å². The number of nitro groups is 1. The standard InChI is InChI=1S/C11H9BrClN3O3/c1-19-6-8-10(16(17)18)11(13)15(14-8)9-5-3-2-4-7(9)12/h2-5H,6H2,1H3. The van der Waals surface area contributed by atoms with E-state index >= 15 is 0 Å². The van der Waals surface area contributed by atoms with Gasteiger partial charge < -0.3 is 4.74 Å². The summed E-state index contributed by atoms with van der Waals surface area (Å²) in [5.74, 6) is 0. The third-order valence-electron chi connectivity index (χ3n) is 2.42. The summed E-state index contributed by atoms with van der Waals surface area (Å²) >= 11 is 9.41. The summed E-state index contributed by atoms with van der Waals surface area (Å²) < 4.78 is 6.95. The number of halogens is 2. The van der Waals surface area contributed by atoms with E-state index in [1.165, 1.54) is 11.8 Å². The number of nitrogens with zero attached hydrogens (tertiary/aromatic N) is 3. The van der Waals surface area contributed by atoms with Gasteiger partial charge >= 0.3 is 5.69 Å². The Morgan fingerprint density at radius 3 is 2.79 bits per heavy atom. The van der Waals surface area contributed by atoms with Gasteiger partial charge in [0.2, 0.25) is 5.15 Å². The van der Waals surface area contributed by atoms with Gasteiger partial charge in [0.05, 0.1) is 17.2 Å². The lowest BCUT2D eigenvalue weighted by Crippen LogP contribution is -1.98. The Labute approximate surface area is 122 Å². The highest BCUT2D eigenvalue weighted by atomic mass is 79.9. The second-order valence-corrected chi connectivity index (χ2v) is 4.85. The molecular formula is C11H9BrClN3O3. The molecule has 0 atom stereocenters. The van der Waals surface area contributed by atoms with Crippen LogP contribution >= 0.6 is 27.5 Å². The lowest BCUT2D eigenvalue weighted by Gasteiger charge is -2.04. The number of ether oxygens (including phenoxy) is 1. The zero-order valence-electron chi connectivity index (χ0n) is 9.84. The summed E-state index contributed by atoms with van der Waals surface area (Å²) in [5, 5.41) is 15.1. The molecule has 2 aromatic rings. The highest BCUT2D eigenvalue weighted by Crippen LogP contribution is 2.33. The molecule has 0 aliphatic rings. The quantitative estimate of drug-likeness (QED) is 0.629. The van der Waals surface area contributed by atoms with E-state index in [4.69, 9.17) is 16.3 Å². The van der Waals surface area contributed by atoms with Crippen LogP contribution in [0.5, 0.6) is 0 Å². The van der Waals surface area contributed by atoms with E-state index < -0.39 is 4.92 Å². The van der Waals surface area contributed by atoms with Gasteiger partial charge in [0.1, 0.15) is 0 Å². The maximum Gasteiger partial charge on any atom is 0.331 e. The number of methoxy groups -OCH3 is 1. The van der Waals surface area contributed by atoms with Gasteiger partial charge in [0.15, 0.2) is 5.69 Å². The SMILES string of the molecule is COCc1nn(-c2ccccc2Br)c(Cl)c1[N+](=O)[O-]. The molecule has 1 aromatic carbocycles. The maximum atomic E-state index is 11.0. The summed E-state index contributed by atoms with van der Waals surface area (Å²) in [7, 11) is 1.44. The topological polar surface area (TPSA) is 70.2 Å². The molecule has 8 heteroatoms. The smallest absolute Gasteiger partial charge is 0.331 e. The molecule has 0 aliphatic carbocycles. The molecule has 0 saturated heterocycles. The average Bonchev–Trinajstić information content (AvgIpc) is 2.67. The Hall–Kier alpha value is -1.44. The molecule has 0 spiro atoms. The Morgan fingerprint density at radius 1 is 1.53 bits per heavy atom. The first-order valence-corrected chi connectivity index (χ1v) is 6.39. The Balaban J connectivity index is 2.63. The van der Waals surface area contributed by atoms with Crippen molar-refractivity contribution in [3.8, 4) is 5.69 Å². The van der Waals surface area contributed by atoms with Crippen LogP contribution in [0.1, 0.15) is 5.69 Å². The Morgan fingerprint density at radius 2 is 2.21 bits per heavy atom. The molecule has 0 bridgehead atoms. The first kappa shape index (κ1) is 14.0. The molecule has 0 aliphatic heterocycles. The molecule has 0 fully saturated rings. The number of rotatable bonds is 4. The van der Waals surface area contributed by atoms with Crippen LogP contribution in [0.3, 0.4) is 0 Å². The molecule has 1 aromatic heterocycles. The van der Waals surface area contributed by atoms with Crippen molar-refractivity contribution in [3.05, 3.63) is 49.7 Å². The van der Waals surface area contributed by atoms with Crippen LogP contribution in [0, 0.1) is 10.1 Å². The molecule has 6 nitrogen and oxygen atoms in total. The van der Waals surface area contributed by atoms with Crippen LogP contribution in [0.2, 0.25) is 5.15 Å². The first-order valence-electron chi connectivity index (χ1n) is 5.22. The second kappa shape index (κ2) is 5.68. The van der Waals surface area contributed by atoms with E-state index in [9.17, 15) is 10.1 Å². The van der Waals surface area contributed by atoms with Crippen LogP contribution in [0.25, 0.3) is 5.69 Å². The summed E-state index contributed by atoms with van der Waals surface area (Å²) in [6, 6.07) is 7.17. The second-order valence-electron chi connectivity index (χ2n) is 3.64. The number of para-hydroxylation sites is 1. The van der Waals surface area contributed by atoms with E-state index in [0.717, 1.165) is 4.47 Å². The van der Waals surface area contributed by atoms with Crippen molar-refractivity contribution in [2.45, 2.75) is 6.61 Å². The lowest BCUT2D eigenvalue weighted by molar-refractivity contribution is -0.385. The third-order valence-corrected chi connectivity index (χ3v) is 3.43. The van der Waals surface area contributed by atoms with E-state index in [1.807, 2.05) is 6.07 Å². The molecule has 0 unspecified atom stereocenters. The van der Waals surface area contributed by atoms with Gasteiger partial charge in [-0.3, -0.25) is 10.1 Å². The van der Waals surface area contributed by atoms with Gasteiger partial charge in [-0.25, -0.2) is 4.68 Å². The summed E-state index contributed by atoms with van der Waals surface area (Å²) in [6.07, 6.45) is 0. The van der Waals surface area contributed by atoms with Crippen molar-refractivity contribution in [1.29, 1.82) is 0 Å². The summed E-state index contributed by atoms with van der Waals surface area (Å²) in [5.41, 5.74) is 0.575. The minimum atomic E-state index is -0.559. The monoisotopic (exact) mass is 345 g/mol. The number of aromatic nitrogens is 2. The minimum absolute atomic E-state index is 0.0213. The fourth-order valence-electron chi connectivity index (χ4n) is 1.63. The van der Waals surface area contributed by atoms with Gasteiger partial charge in [-0.05, 0) is 28.1 Å². The van der Waals surface area contributed by atoms with Crippen LogP contribution in [-0.4, -0.2) is 21.8 Å². The predicted molar refractivity (Wildman–Crippen MR) is 73.6 cm³/mol. The lowest BCUT2D eigenvalue weighted by atomic mass is 10.3. The van der Waals surface area contributed by atoms with Crippen molar-refractivity contribution >= 4 is 33.2 Å². The predicted octanol–water partition coefficient (Wildman–Crippen LogP) is 3.34. The highest BCUT2D eigenvalue weighted by Gasteiger charge is 2.27. The highest BCUT2D eigenvalue weighted by molar-refractivity contribution is 9.10. The minimum Gasteiger partial charge on any atom is -0.378 e. The van der Waals surface area contributed by atoms with Crippen LogP contribution in [-0.2, 0) is 11.3 Å². The largest absolute Gasteiger partial charge is 0.378 e. The zero-order valence-corrected chi connectivity index (χ0v) is 12.2. The van der Waals surface area contributed by atoms with E-state index in [-0.39, 0.29) is 23.1 Å². The molecule has 0 amide bonds. The van der Waals surface area contributed by atoms with Crippen molar-refractivity contribution in [3.63, 3.8) is 0 Å². The van der Waals surface area contributed by atoms with Crippen molar-refractivity contribution in [2.75, 3.05) is 7.11 Å². The molecule has 2 rings (SSSR count). The van der Waals surface area contributed by atoms with Crippen LogP contribution in [0.15, 0.2) is 28.7 Å². The summed E-state index contributed by atoms with van der Waals surface area (Å²) in [6.45, 7) is 0.0213.